The normalized spacial score (nSPS) is 15.4. The molecule has 0 aromatic carbocycles. The molecule has 13 heavy (non-hydrogen) atoms. The molecule has 0 bridgehead atoms. The Kier molecular flexibility index (Phi) is 6.97. The average Bonchev–Trinajstić information content (AvgIpc) is 2.10. The van der Waals surface area contributed by atoms with Crippen molar-refractivity contribution in [3.63, 3.8) is 0 Å². The Balaban J connectivity index is 3.86. The predicted molar refractivity (Wildman–Crippen MR) is 61.0 cm³/mol. The summed E-state index contributed by atoms with van der Waals surface area (Å²) in [5.74, 6) is 0.777. The topological polar surface area (TPSA) is 12.0 Å². The van der Waals surface area contributed by atoms with E-state index >= 15 is 0 Å². The van der Waals surface area contributed by atoms with E-state index in [9.17, 15) is 0 Å². The molecule has 0 aliphatic carbocycles. The Morgan fingerprint density at radius 1 is 1.38 bits per heavy atom. The summed E-state index contributed by atoms with van der Waals surface area (Å²) < 4.78 is 0. The van der Waals surface area contributed by atoms with Crippen LogP contribution in [-0.2, 0) is 0 Å². The van der Waals surface area contributed by atoms with Crippen molar-refractivity contribution < 1.29 is 0 Å². The first-order valence-electron chi connectivity index (χ1n) is 5.49. The minimum atomic E-state index is 0.673. The van der Waals surface area contributed by atoms with Crippen LogP contribution in [0.3, 0.4) is 0 Å². The van der Waals surface area contributed by atoms with Gasteiger partial charge in [-0.2, -0.15) is 0 Å². The van der Waals surface area contributed by atoms with Gasteiger partial charge in [0.1, 0.15) is 0 Å². The van der Waals surface area contributed by atoms with E-state index < -0.39 is 0 Å². The molecule has 0 spiro atoms. The minimum absolute atomic E-state index is 0.673. The molecular formula is C12H25N. The number of hydrogen-bond donors (Lipinski definition) is 1. The fraction of sp³-hybridized carbons (Fsp3) is 0.833. The monoisotopic (exact) mass is 183 g/mol. The molecule has 0 aliphatic heterocycles. The SMILES string of the molecule is C=C(C)CCC(NCC)C(C)CC. The first-order valence-corrected chi connectivity index (χ1v) is 5.49. The highest BCUT2D eigenvalue weighted by molar-refractivity contribution is 4.89. The molecule has 0 heterocycles. The van der Waals surface area contributed by atoms with Gasteiger partial charge < -0.3 is 5.32 Å². The van der Waals surface area contributed by atoms with Gasteiger partial charge in [0.15, 0.2) is 0 Å². The molecule has 0 amide bonds. The highest BCUT2D eigenvalue weighted by Crippen LogP contribution is 2.14. The van der Waals surface area contributed by atoms with Crippen molar-refractivity contribution in [2.45, 2.75) is 53.0 Å². The molecule has 0 aromatic rings. The summed E-state index contributed by atoms with van der Waals surface area (Å²) in [6, 6.07) is 0.673. The molecule has 1 N–H and O–H groups in total. The van der Waals surface area contributed by atoms with E-state index in [2.05, 4.69) is 39.6 Å². The zero-order chi connectivity index (χ0) is 10.3. The first-order chi connectivity index (χ1) is 6.11. The van der Waals surface area contributed by atoms with E-state index in [1.165, 1.54) is 18.4 Å². The van der Waals surface area contributed by atoms with Crippen molar-refractivity contribution >= 4 is 0 Å². The summed E-state index contributed by atoms with van der Waals surface area (Å²) in [5.41, 5.74) is 1.30. The smallest absolute Gasteiger partial charge is 0.00955 e. The third-order valence-electron chi connectivity index (χ3n) is 2.68. The highest BCUT2D eigenvalue weighted by atomic mass is 14.9. The lowest BCUT2D eigenvalue weighted by atomic mass is 9.94. The second-order valence-electron chi connectivity index (χ2n) is 4.05. The Hall–Kier alpha value is -0.300. The zero-order valence-corrected chi connectivity index (χ0v) is 9.69. The summed E-state index contributed by atoms with van der Waals surface area (Å²) in [5, 5.41) is 3.55. The molecule has 0 saturated carbocycles. The lowest BCUT2D eigenvalue weighted by molar-refractivity contribution is 0.354. The Morgan fingerprint density at radius 3 is 2.38 bits per heavy atom. The van der Waals surface area contributed by atoms with Gasteiger partial charge in [-0.15, -0.1) is 6.58 Å². The molecule has 0 fully saturated rings. The summed E-state index contributed by atoms with van der Waals surface area (Å²) in [6.07, 6.45) is 3.65. The van der Waals surface area contributed by atoms with Crippen molar-refractivity contribution in [2.24, 2.45) is 5.92 Å². The molecular weight excluding hydrogens is 158 g/mol. The van der Waals surface area contributed by atoms with Crippen LogP contribution >= 0.6 is 0 Å². The van der Waals surface area contributed by atoms with Crippen LogP contribution in [0.4, 0.5) is 0 Å². The Bertz CT molecular complexity index is 140. The van der Waals surface area contributed by atoms with Gasteiger partial charge in [-0.1, -0.05) is 32.8 Å². The number of nitrogens with one attached hydrogen (secondary N) is 1. The number of hydrogen-bond acceptors (Lipinski definition) is 1. The largest absolute Gasteiger partial charge is 0.314 e. The van der Waals surface area contributed by atoms with Crippen molar-refractivity contribution in [3.8, 4) is 0 Å². The van der Waals surface area contributed by atoms with Gasteiger partial charge in [-0.25, -0.2) is 0 Å². The average molecular weight is 183 g/mol. The lowest BCUT2D eigenvalue weighted by Gasteiger charge is -2.23. The Morgan fingerprint density at radius 2 is 2.00 bits per heavy atom. The molecule has 0 aromatic heterocycles. The third kappa shape index (κ3) is 5.87. The van der Waals surface area contributed by atoms with Gasteiger partial charge in [0.05, 0.1) is 0 Å². The summed E-state index contributed by atoms with van der Waals surface area (Å²) in [7, 11) is 0. The molecule has 1 heteroatoms. The number of rotatable bonds is 7. The van der Waals surface area contributed by atoms with E-state index in [4.69, 9.17) is 0 Å². The van der Waals surface area contributed by atoms with E-state index in [1.54, 1.807) is 0 Å². The summed E-state index contributed by atoms with van der Waals surface area (Å²) in [6.45, 7) is 13.9. The maximum atomic E-state index is 3.94. The predicted octanol–water partition coefficient (Wildman–Crippen LogP) is 3.37. The van der Waals surface area contributed by atoms with Crippen LogP contribution in [-0.4, -0.2) is 12.6 Å². The van der Waals surface area contributed by atoms with Gasteiger partial charge in [0.25, 0.3) is 0 Å². The van der Waals surface area contributed by atoms with Crippen molar-refractivity contribution in [1.29, 1.82) is 0 Å². The first kappa shape index (κ1) is 12.7. The molecule has 0 saturated heterocycles. The quantitative estimate of drug-likeness (QED) is 0.597. The van der Waals surface area contributed by atoms with E-state index in [-0.39, 0.29) is 0 Å². The van der Waals surface area contributed by atoms with Crippen LogP contribution in [0.25, 0.3) is 0 Å². The van der Waals surface area contributed by atoms with Gasteiger partial charge in [-0.3, -0.25) is 0 Å². The maximum absolute atomic E-state index is 3.94. The van der Waals surface area contributed by atoms with E-state index in [0.29, 0.717) is 6.04 Å². The van der Waals surface area contributed by atoms with Gasteiger partial charge in [0, 0.05) is 6.04 Å². The van der Waals surface area contributed by atoms with Crippen LogP contribution in [0.2, 0.25) is 0 Å². The van der Waals surface area contributed by atoms with Crippen molar-refractivity contribution in [3.05, 3.63) is 12.2 Å². The van der Waals surface area contributed by atoms with Crippen LogP contribution in [0, 0.1) is 5.92 Å². The lowest BCUT2D eigenvalue weighted by Crippen LogP contribution is -2.34. The molecule has 2 unspecified atom stereocenters. The van der Waals surface area contributed by atoms with Crippen LogP contribution in [0.15, 0.2) is 12.2 Å². The van der Waals surface area contributed by atoms with Gasteiger partial charge >= 0.3 is 0 Å². The molecule has 1 nitrogen and oxygen atoms in total. The Labute approximate surface area is 83.6 Å². The zero-order valence-electron chi connectivity index (χ0n) is 9.69. The van der Waals surface area contributed by atoms with Crippen LogP contribution < -0.4 is 5.32 Å². The molecule has 78 valence electrons. The molecule has 0 radical (unpaired) electrons. The molecule has 2 atom stereocenters. The van der Waals surface area contributed by atoms with Crippen LogP contribution in [0.5, 0.6) is 0 Å². The van der Waals surface area contributed by atoms with Crippen molar-refractivity contribution in [1.82, 2.24) is 5.32 Å². The maximum Gasteiger partial charge on any atom is 0.00955 e. The second-order valence-corrected chi connectivity index (χ2v) is 4.05. The van der Waals surface area contributed by atoms with Gasteiger partial charge in [-0.05, 0) is 32.2 Å². The summed E-state index contributed by atoms with van der Waals surface area (Å²) in [4.78, 5) is 0. The molecule has 0 rings (SSSR count). The highest BCUT2D eigenvalue weighted by Gasteiger charge is 2.13. The fourth-order valence-electron chi connectivity index (χ4n) is 1.54. The van der Waals surface area contributed by atoms with E-state index in [1.807, 2.05) is 0 Å². The molecule has 0 aliphatic rings. The standard InChI is InChI=1S/C12H25N/c1-6-11(5)12(13-7-2)9-8-10(3)4/h11-13H,3,6-9H2,1-2,4-5H3. The van der Waals surface area contributed by atoms with Gasteiger partial charge in [0.2, 0.25) is 0 Å². The second kappa shape index (κ2) is 7.14. The van der Waals surface area contributed by atoms with Crippen molar-refractivity contribution in [2.75, 3.05) is 6.54 Å². The number of allylic oxidation sites excluding steroid dienone is 1. The van der Waals surface area contributed by atoms with E-state index in [0.717, 1.165) is 18.9 Å². The fourth-order valence-corrected chi connectivity index (χ4v) is 1.54. The summed E-state index contributed by atoms with van der Waals surface area (Å²) >= 11 is 0. The minimum Gasteiger partial charge on any atom is -0.314 e. The van der Waals surface area contributed by atoms with Crippen LogP contribution in [0.1, 0.15) is 47.0 Å². The third-order valence-corrected chi connectivity index (χ3v) is 2.68.